The Morgan fingerprint density at radius 3 is 2.42 bits per heavy atom. The van der Waals surface area contributed by atoms with E-state index in [2.05, 4.69) is 23.2 Å². The maximum Gasteiger partial charge on any atom is 0.279 e. The van der Waals surface area contributed by atoms with Gasteiger partial charge in [-0.1, -0.05) is 41.7 Å². The van der Waals surface area contributed by atoms with Crippen LogP contribution < -0.4 is 4.80 Å². The number of hydrogen-bond donors (Lipinski definition) is 0. The van der Waals surface area contributed by atoms with Crippen molar-refractivity contribution in [2.75, 3.05) is 13.1 Å². The third-order valence-electron chi connectivity index (χ3n) is 5.70. The number of carbonyl (C=O) groups is 1. The normalized spacial score (nSPS) is 15.8. The molecule has 0 unspecified atom stereocenters. The van der Waals surface area contributed by atoms with Gasteiger partial charge in [-0.25, -0.2) is 8.42 Å². The van der Waals surface area contributed by atoms with Crippen molar-refractivity contribution in [3.05, 3.63) is 71.0 Å². The molecule has 1 aliphatic heterocycles. The number of fused-ring (bicyclic) bond motifs is 3. The van der Waals surface area contributed by atoms with Gasteiger partial charge in [0.2, 0.25) is 10.0 Å². The molecule has 1 amide bonds. The molecule has 1 saturated heterocycles. The number of benzene rings is 3. The van der Waals surface area contributed by atoms with Crippen molar-refractivity contribution in [2.45, 2.75) is 17.7 Å². The van der Waals surface area contributed by atoms with Crippen molar-refractivity contribution < 1.29 is 13.2 Å². The van der Waals surface area contributed by atoms with E-state index in [-0.39, 0.29) is 4.90 Å². The molecule has 0 saturated carbocycles. The molecule has 31 heavy (non-hydrogen) atoms. The number of rotatable bonds is 3. The summed E-state index contributed by atoms with van der Waals surface area (Å²) in [4.78, 5) is 17.9. The summed E-state index contributed by atoms with van der Waals surface area (Å²) in [5, 5.41) is 2.27. The van der Waals surface area contributed by atoms with Gasteiger partial charge in [0, 0.05) is 31.1 Å². The van der Waals surface area contributed by atoms with E-state index in [1.54, 1.807) is 0 Å². The van der Waals surface area contributed by atoms with Gasteiger partial charge in [-0.2, -0.15) is 9.30 Å². The first-order valence-corrected chi connectivity index (χ1v) is 12.4. The lowest BCUT2D eigenvalue weighted by Crippen LogP contribution is -2.27. The molecule has 6 nitrogen and oxygen atoms in total. The highest BCUT2D eigenvalue weighted by atomic mass is 32.2. The fraction of sp³-hybridized carbons (Fsp3) is 0.217. The summed E-state index contributed by atoms with van der Waals surface area (Å²) in [6.07, 6.45) is 1.77. The molecule has 2 heterocycles. The second-order valence-electron chi connectivity index (χ2n) is 7.63. The van der Waals surface area contributed by atoms with Crippen LogP contribution in [0, 0.1) is 0 Å². The Bertz CT molecular complexity index is 1480. The molecule has 4 aromatic rings. The smallest absolute Gasteiger partial charge is 0.279 e. The average molecular weight is 452 g/mol. The summed E-state index contributed by atoms with van der Waals surface area (Å²) in [7, 11) is -1.60. The van der Waals surface area contributed by atoms with E-state index < -0.39 is 15.9 Å². The van der Waals surface area contributed by atoms with Gasteiger partial charge in [0.1, 0.15) is 0 Å². The highest BCUT2D eigenvalue weighted by Gasteiger charge is 2.27. The van der Waals surface area contributed by atoms with Crippen LogP contribution in [-0.2, 0) is 17.1 Å². The van der Waals surface area contributed by atoms with Crippen LogP contribution in [0.25, 0.3) is 21.0 Å². The lowest BCUT2D eigenvalue weighted by atomic mass is 10.1. The third-order valence-corrected chi connectivity index (χ3v) is 8.80. The quantitative estimate of drug-likeness (QED) is 0.474. The average Bonchev–Trinajstić information content (AvgIpc) is 3.44. The number of hydrogen-bond acceptors (Lipinski definition) is 4. The van der Waals surface area contributed by atoms with E-state index >= 15 is 0 Å². The zero-order valence-electron chi connectivity index (χ0n) is 17.0. The minimum Gasteiger partial charge on any atom is -0.319 e. The maximum atomic E-state index is 12.8. The van der Waals surface area contributed by atoms with Crippen molar-refractivity contribution >= 4 is 48.3 Å². The largest absolute Gasteiger partial charge is 0.319 e. The maximum absolute atomic E-state index is 12.8. The van der Waals surface area contributed by atoms with Gasteiger partial charge in [-0.15, -0.1) is 0 Å². The zero-order valence-corrected chi connectivity index (χ0v) is 18.6. The highest BCUT2D eigenvalue weighted by Crippen LogP contribution is 2.27. The Morgan fingerprint density at radius 2 is 1.68 bits per heavy atom. The van der Waals surface area contributed by atoms with E-state index in [0.717, 1.165) is 33.8 Å². The van der Waals surface area contributed by atoms with Crippen LogP contribution >= 0.6 is 11.3 Å². The molecule has 0 bridgehead atoms. The van der Waals surface area contributed by atoms with E-state index in [4.69, 9.17) is 0 Å². The summed E-state index contributed by atoms with van der Waals surface area (Å²) in [6.45, 7) is 1.10. The molecule has 5 rings (SSSR count). The van der Waals surface area contributed by atoms with Crippen molar-refractivity contribution in [3.63, 3.8) is 0 Å². The molecule has 1 aromatic heterocycles. The van der Waals surface area contributed by atoms with Crippen LogP contribution in [0.5, 0.6) is 0 Å². The molecule has 0 aliphatic carbocycles. The summed E-state index contributed by atoms with van der Waals surface area (Å²) < 4.78 is 29.8. The molecule has 0 spiro atoms. The molecule has 0 atom stereocenters. The summed E-state index contributed by atoms with van der Waals surface area (Å²) in [5.41, 5.74) is 1.38. The molecular formula is C23H21N3O3S2. The fourth-order valence-electron chi connectivity index (χ4n) is 3.96. The van der Waals surface area contributed by atoms with Crippen molar-refractivity contribution in [1.29, 1.82) is 0 Å². The zero-order chi connectivity index (χ0) is 21.6. The monoisotopic (exact) mass is 451 g/mol. The first-order valence-electron chi connectivity index (χ1n) is 10.1. The minimum absolute atomic E-state index is 0.213. The standard InChI is InChI=1S/C23H21N3O3S2/c1-25-20-13-10-16-6-2-3-7-19(16)21(20)30-23(25)24-22(27)17-8-11-18(12-9-17)31(28,29)26-14-4-5-15-26/h2-3,6-13H,4-5,14-15H2,1H3. The number of carbonyl (C=O) groups excluding carboxylic acids is 1. The molecule has 0 radical (unpaired) electrons. The molecule has 1 fully saturated rings. The van der Waals surface area contributed by atoms with Crippen LogP contribution in [0.2, 0.25) is 0 Å². The Labute approximate surface area is 184 Å². The SMILES string of the molecule is Cn1c(=NC(=O)c2ccc(S(=O)(=O)N3CCCC3)cc2)sc2c3ccccc3ccc21. The third kappa shape index (κ3) is 3.50. The lowest BCUT2D eigenvalue weighted by molar-refractivity contribution is 0.0998. The summed E-state index contributed by atoms with van der Waals surface area (Å²) in [5.74, 6) is -0.392. The lowest BCUT2D eigenvalue weighted by Gasteiger charge is -2.15. The van der Waals surface area contributed by atoms with Gasteiger partial charge >= 0.3 is 0 Å². The fourth-order valence-corrected chi connectivity index (χ4v) is 6.63. The van der Waals surface area contributed by atoms with Crippen LogP contribution in [0.4, 0.5) is 0 Å². The van der Waals surface area contributed by atoms with E-state index in [1.807, 2.05) is 29.8 Å². The second-order valence-corrected chi connectivity index (χ2v) is 10.5. The van der Waals surface area contributed by atoms with Gasteiger partial charge in [0.25, 0.3) is 5.91 Å². The second kappa shape index (κ2) is 7.71. The Balaban J connectivity index is 1.50. The van der Waals surface area contributed by atoms with Crippen LogP contribution in [-0.4, -0.2) is 36.3 Å². The summed E-state index contributed by atoms with van der Waals surface area (Å²) in [6, 6.07) is 18.3. The van der Waals surface area contributed by atoms with Crippen molar-refractivity contribution in [2.24, 2.45) is 12.0 Å². The Morgan fingerprint density at radius 1 is 0.968 bits per heavy atom. The van der Waals surface area contributed by atoms with Crippen molar-refractivity contribution in [1.82, 2.24) is 8.87 Å². The topological polar surface area (TPSA) is 71.7 Å². The molecule has 158 valence electrons. The molecule has 8 heteroatoms. The Hall–Kier alpha value is -2.81. The van der Waals surface area contributed by atoms with E-state index in [9.17, 15) is 13.2 Å². The minimum atomic E-state index is -3.50. The summed E-state index contributed by atoms with van der Waals surface area (Å²) >= 11 is 1.47. The van der Waals surface area contributed by atoms with E-state index in [1.165, 1.54) is 39.9 Å². The highest BCUT2D eigenvalue weighted by molar-refractivity contribution is 7.89. The number of nitrogens with zero attached hydrogens (tertiary/aromatic N) is 3. The predicted molar refractivity (Wildman–Crippen MR) is 123 cm³/mol. The molecule has 3 aromatic carbocycles. The van der Waals surface area contributed by atoms with Crippen molar-refractivity contribution in [3.8, 4) is 0 Å². The molecule has 1 aliphatic rings. The van der Waals surface area contributed by atoms with Gasteiger partial charge in [0.15, 0.2) is 4.80 Å². The molecular weight excluding hydrogens is 430 g/mol. The van der Waals surface area contributed by atoms with Gasteiger partial charge < -0.3 is 4.57 Å². The predicted octanol–water partition coefficient (Wildman–Crippen LogP) is 3.92. The number of thiazole rings is 1. The first-order chi connectivity index (χ1) is 14.9. The number of aryl methyl sites for hydroxylation is 1. The van der Waals surface area contributed by atoms with Crippen LogP contribution in [0.15, 0.2) is 70.6 Å². The van der Waals surface area contributed by atoms with Gasteiger partial charge in [0.05, 0.1) is 15.1 Å². The van der Waals surface area contributed by atoms with Crippen LogP contribution in [0.1, 0.15) is 23.2 Å². The number of sulfonamides is 1. The van der Waals surface area contributed by atoms with Gasteiger partial charge in [-0.3, -0.25) is 4.79 Å². The first kappa shape index (κ1) is 20.1. The number of aromatic nitrogens is 1. The van der Waals surface area contributed by atoms with Gasteiger partial charge in [-0.05, 0) is 48.6 Å². The van der Waals surface area contributed by atoms with Crippen LogP contribution in [0.3, 0.4) is 0 Å². The Kier molecular flexibility index (Phi) is 5.00. The molecule has 0 N–H and O–H groups in total. The number of amides is 1. The van der Waals surface area contributed by atoms with E-state index in [0.29, 0.717) is 23.5 Å².